The van der Waals surface area contributed by atoms with Gasteiger partial charge in [0.25, 0.3) is 0 Å². The molecular formula is C18H17Cl2N3O. The van der Waals surface area contributed by atoms with E-state index in [1.165, 1.54) is 11.3 Å². The van der Waals surface area contributed by atoms with Gasteiger partial charge in [-0.2, -0.15) is 0 Å². The number of hydrogen-bond acceptors (Lipinski definition) is 2. The summed E-state index contributed by atoms with van der Waals surface area (Å²) in [6.07, 6.45) is 1.08. The van der Waals surface area contributed by atoms with E-state index in [0.717, 1.165) is 26.1 Å². The predicted octanol–water partition coefficient (Wildman–Crippen LogP) is 4.27. The summed E-state index contributed by atoms with van der Waals surface area (Å²) in [5.74, 6) is 0. The highest BCUT2D eigenvalue weighted by Gasteiger charge is 2.37. The second-order valence-corrected chi connectivity index (χ2v) is 7.09. The van der Waals surface area contributed by atoms with Gasteiger partial charge in [0.1, 0.15) is 0 Å². The smallest absolute Gasteiger partial charge is 0.321 e. The highest BCUT2D eigenvalue weighted by Crippen LogP contribution is 2.32. The molecule has 0 spiro atoms. The molecule has 2 aromatic rings. The molecule has 0 aliphatic carbocycles. The van der Waals surface area contributed by atoms with Gasteiger partial charge in [-0.05, 0) is 36.2 Å². The topological polar surface area (TPSA) is 35.6 Å². The molecule has 2 amide bonds. The van der Waals surface area contributed by atoms with E-state index < -0.39 is 0 Å². The summed E-state index contributed by atoms with van der Waals surface area (Å²) in [7, 11) is 0. The molecule has 124 valence electrons. The second-order valence-electron chi connectivity index (χ2n) is 6.22. The molecule has 2 aliphatic rings. The van der Waals surface area contributed by atoms with Crippen LogP contribution in [0.25, 0.3) is 0 Å². The highest BCUT2D eigenvalue weighted by atomic mass is 35.5. The van der Waals surface area contributed by atoms with Crippen molar-refractivity contribution < 1.29 is 4.79 Å². The van der Waals surface area contributed by atoms with Crippen LogP contribution in [0, 0.1) is 0 Å². The summed E-state index contributed by atoms with van der Waals surface area (Å²) in [4.78, 5) is 16.6. The van der Waals surface area contributed by atoms with E-state index in [0.29, 0.717) is 21.8 Å². The third-order valence-electron chi connectivity index (χ3n) is 4.63. The number of nitrogens with one attached hydrogen (secondary N) is 1. The zero-order valence-corrected chi connectivity index (χ0v) is 14.5. The van der Waals surface area contributed by atoms with E-state index in [4.69, 9.17) is 23.2 Å². The van der Waals surface area contributed by atoms with E-state index in [1.54, 1.807) is 23.1 Å². The van der Waals surface area contributed by atoms with Crippen molar-refractivity contribution in [2.45, 2.75) is 12.5 Å². The minimum atomic E-state index is -0.114. The largest absolute Gasteiger partial charge is 0.364 e. The van der Waals surface area contributed by atoms with Gasteiger partial charge < -0.3 is 15.1 Å². The van der Waals surface area contributed by atoms with Crippen LogP contribution in [0.15, 0.2) is 42.5 Å². The maximum absolute atomic E-state index is 12.3. The number of likely N-dealkylation sites (tertiary alicyclic amines) is 1. The lowest BCUT2D eigenvalue weighted by Crippen LogP contribution is -2.61. The Morgan fingerprint density at radius 2 is 1.79 bits per heavy atom. The van der Waals surface area contributed by atoms with Crippen molar-refractivity contribution in [1.29, 1.82) is 0 Å². The van der Waals surface area contributed by atoms with Crippen molar-refractivity contribution in [3.8, 4) is 0 Å². The number of nitrogens with zero attached hydrogens (tertiary/aromatic N) is 2. The number of hydrogen-bond donors (Lipinski definition) is 1. The van der Waals surface area contributed by atoms with E-state index >= 15 is 0 Å². The van der Waals surface area contributed by atoms with Crippen LogP contribution in [0.2, 0.25) is 10.0 Å². The van der Waals surface area contributed by atoms with E-state index in [1.807, 2.05) is 0 Å². The lowest BCUT2D eigenvalue weighted by molar-refractivity contribution is 0.162. The van der Waals surface area contributed by atoms with E-state index in [2.05, 4.69) is 34.5 Å². The van der Waals surface area contributed by atoms with Crippen molar-refractivity contribution in [1.82, 2.24) is 4.90 Å². The van der Waals surface area contributed by atoms with Gasteiger partial charge in [-0.3, -0.25) is 0 Å². The molecule has 1 saturated heterocycles. The number of amides is 2. The molecule has 0 atom stereocenters. The minimum absolute atomic E-state index is 0.114. The highest BCUT2D eigenvalue weighted by molar-refractivity contribution is 6.35. The third kappa shape index (κ3) is 2.92. The number of carbonyl (C=O) groups is 1. The molecule has 2 heterocycles. The Balaban J connectivity index is 1.37. The van der Waals surface area contributed by atoms with Gasteiger partial charge in [0.15, 0.2) is 0 Å². The fourth-order valence-corrected chi connectivity index (χ4v) is 3.92. The van der Waals surface area contributed by atoms with Crippen LogP contribution in [0.5, 0.6) is 0 Å². The quantitative estimate of drug-likeness (QED) is 0.866. The summed E-state index contributed by atoms with van der Waals surface area (Å²) in [5.41, 5.74) is 3.32. The molecule has 2 aromatic carbocycles. The molecule has 0 unspecified atom stereocenters. The zero-order valence-electron chi connectivity index (χ0n) is 13.0. The monoisotopic (exact) mass is 361 g/mol. The fourth-order valence-electron chi connectivity index (χ4n) is 3.39. The molecule has 0 bridgehead atoms. The Labute approximate surface area is 151 Å². The number of urea groups is 1. The molecular weight excluding hydrogens is 345 g/mol. The van der Waals surface area contributed by atoms with Crippen LogP contribution < -0.4 is 10.2 Å². The minimum Gasteiger partial charge on any atom is -0.364 e. The Morgan fingerprint density at radius 3 is 2.54 bits per heavy atom. The molecule has 0 radical (unpaired) electrons. The first-order chi connectivity index (χ1) is 11.6. The molecule has 6 heteroatoms. The van der Waals surface area contributed by atoms with Crippen LogP contribution in [0.4, 0.5) is 16.2 Å². The SMILES string of the molecule is O=C(Nc1cc(Cl)cc(Cl)c1)N1CC(N2CCc3ccccc32)C1. The third-order valence-corrected chi connectivity index (χ3v) is 5.06. The number of carbonyl (C=O) groups excluding carboxylic acids is 1. The standard InChI is InChI=1S/C18H17Cl2N3O/c19-13-7-14(20)9-15(8-13)21-18(24)22-10-16(11-22)23-6-5-12-3-1-2-4-17(12)23/h1-4,7-9,16H,5-6,10-11H2,(H,21,24). The van der Waals surface area contributed by atoms with Crippen LogP contribution >= 0.6 is 23.2 Å². The summed E-state index contributed by atoms with van der Waals surface area (Å²) in [6.45, 7) is 2.49. The van der Waals surface area contributed by atoms with Crippen LogP contribution in [-0.2, 0) is 6.42 Å². The van der Waals surface area contributed by atoms with E-state index in [9.17, 15) is 4.79 Å². The lowest BCUT2D eigenvalue weighted by atomic mass is 10.1. The van der Waals surface area contributed by atoms with Gasteiger partial charge in [0.2, 0.25) is 0 Å². The Hall–Kier alpha value is -1.91. The van der Waals surface area contributed by atoms with Crippen LogP contribution in [-0.4, -0.2) is 36.6 Å². The first kappa shape index (κ1) is 15.6. The number of benzene rings is 2. The molecule has 2 aliphatic heterocycles. The maximum Gasteiger partial charge on any atom is 0.321 e. The second kappa shape index (κ2) is 6.19. The molecule has 1 N–H and O–H groups in total. The normalized spacial score (nSPS) is 16.8. The molecule has 0 aromatic heterocycles. The van der Waals surface area contributed by atoms with Crippen LogP contribution in [0.1, 0.15) is 5.56 Å². The maximum atomic E-state index is 12.3. The molecule has 24 heavy (non-hydrogen) atoms. The number of para-hydroxylation sites is 1. The number of fused-ring (bicyclic) bond motifs is 1. The Kier molecular flexibility index (Phi) is 4.02. The molecule has 1 fully saturated rings. The van der Waals surface area contributed by atoms with Crippen molar-refractivity contribution in [3.63, 3.8) is 0 Å². The van der Waals surface area contributed by atoms with Gasteiger partial charge in [0, 0.05) is 41.1 Å². The predicted molar refractivity (Wildman–Crippen MR) is 98.3 cm³/mol. The summed E-state index contributed by atoms with van der Waals surface area (Å²) in [6, 6.07) is 13.8. The fraction of sp³-hybridized carbons (Fsp3) is 0.278. The molecule has 4 nitrogen and oxygen atoms in total. The summed E-state index contributed by atoms with van der Waals surface area (Å²) >= 11 is 11.9. The summed E-state index contributed by atoms with van der Waals surface area (Å²) < 4.78 is 0. The number of anilines is 2. The Bertz CT molecular complexity index is 769. The van der Waals surface area contributed by atoms with Crippen molar-refractivity contribution in [2.75, 3.05) is 29.9 Å². The van der Waals surface area contributed by atoms with Gasteiger partial charge >= 0.3 is 6.03 Å². The first-order valence-electron chi connectivity index (χ1n) is 7.97. The molecule has 0 saturated carbocycles. The van der Waals surface area contributed by atoms with Gasteiger partial charge in [-0.25, -0.2) is 4.79 Å². The van der Waals surface area contributed by atoms with Crippen LogP contribution in [0.3, 0.4) is 0 Å². The molecule has 4 rings (SSSR count). The van der Waals surface area contributed by atoms with Gasteiger partial charge in [-0.15, -0.1) is 0 Å². The van der Waals surface area contributed by atoms with Gasteiger partial charge in [-0.1, -0.05) is 41.4 Å². The summed E-state index contributed by atoms with van der Waals surface area (Å²) in [5, 5.41) is 3.87. The van der Waals surface area contributed by atoms with Crippen molar-refractivity contribution in [3.05, 3.63) is 58.1 Å². The van der Waals surface area contributed by atoms with Crippen molar-refractivity contribution in [2.24, 2.45) is 0 Å². The average molecular weight is 362 g/mol. The number of halogens is 2. The zero-order chi connectivity index (χ0) is 16.7. The van der Waals surface area contributed by atoms with Gasteiger partial charge in [0.05, 0.1) is 6.04 Å². The first-order valence-corrected chi connectivity index (χ1v) is 8.72. The lowest BCUT2D eigenvalue weighted by Gasteiger charge is -2.45. The van der Waals surface area contributed by atoms with E-state index in [-0.39, 0.29) is 6.03 Å². The van der Waals surface area contributed by atoms with Crippen molar-refractivity contribution >= 4 is 40.6 Å². The Morgan fingerprint density at radius 1 is 1.08 bits per heavy atom. The number of rotatable bonds is 2. The average Bonchev–Trinajstić information content (AvgIpc) is 2.89.